The van der Waals surface area contributed by atoms with Crippen LogP contribution in [0.4, 0.5) is 0 Å². The second-order valence-electron chi connectivity index (χ2n) is 6.65. The molecule has 1 aromatic rings. The van der Waals surface area contributed by atoms with Gasteiger partial charge in [-0.1, -0.05) is 45.0 Å². The van der Waals surface area contributed by atoms with E-state index in [0.717, 1.165) is 6.42 Å². The van der Waals surface area contributed by atoms with Gasteiger partial charge in [-0.2, -0.15) is 0 Å². The fourth-order valence-electron chi connectivity index (χ4n) is 2.95. The maximum atomic E-state index is 12.3. The van der Waals surface area contributed by atoms with Crippen molar-refractivity contribution in [1.29, 1.82) is 0 Å². The lowest BCUT2D eigenvalue weighted by Crippen LogP contribution is -2.26. The molecule has 0 bridgehead atoms. The van der Waals surface area contributed by atoms with Crippen LogP contribution in [0.1, 0.15) is 45.2 Å². The number of benzene rings is 1. The van der Waals surface area contributed by atoms with Crippen LogP contribution in [0.5, 0.6) is 0 Å². The molecular weight excluding hydrogens is 236 g/mol. The number of rotatable bonds is 4. The fourth-order valence-corrected chi connectivity index (χ4v) is 2.95. The van der Waals surface area contributed by atoms with Gasteiger partial charge in [0.2, 0.25) is 0 Å². The fraction of sp³-hybridized carbons (Fsp3) is 0.588. The van der Waals surface area contributed by atoms with Gasteiger partial charge in [0, 0.05) is 5.41 Å². The third-order valence-corrected chi connectivity index (χ3v) is 4.54. The van der Waals surface area contributed by atoms with Gasteiger partial charge in [0.1, 0.15) is 0 Å². The van der Waals surface area contributed by atoms with Crippen molar-refractivity contribution in [3.63, 3.8) is 0 Å². The summed E-state index contributed by atoms with van der Waals surface area (Å²) in [5.74, 6) is 0.336. The van der Waals surface area contributed by atoms with Gasteiger partial charge >= 0.3 is 5.97 Å². The van der Waals surface area contributed by atoms with Gasteiger partial charge < -0.3 is 4.74 Å². The van der Waals surface area contributed by atoms with Crippen LogP contribution in [0.3, 0.4) is 0 Å². The van der Waals surface area contributed by atoms with E-state index < -0.39 is 0 Å². The number of hydrogen-bond acceptors (Lipinski definition) is 2. The number of hydrogen-bond donors (Lipinski definition) is 0. The van der Waals surface area contributed by atoms with Gasteiger partial charge in [0.15, 0.2) is 0 Å². The molecule has 0 amide bonds. The van der Waals surface area contributed by atoms with E-state index in [9.17, 15) is 4.79 Å². The molecule has 1 aliphatic carbocycles. The highest BCUT2D eigenvalue weighted by Crippen LogP contribution is 2.65. The van der Waals surface area contributed by atoms with Gasteiger partial charge in [0.25, 0.3) is 0 Å². The van der Waals surface area contributed by atoms with Crippen LogP contribution in [0, 0.1) is 18.3 Å². The molecule has 0 aliphatic heterocycles. The Morgan fingerprint density at radius 1 is 1.32 bits per heavy atom. The average molecular weight is 260 g/mol. The first-order valence-corrected chi connectivity index (χ1v) is 7.04. The highest BCUT2D eigenvalue weighted by atomic mass is 16.5. The van der Waals surface area contributed by atoms with Crippen LogP contribution < -0.4 is 0 Å². The van der Waals surface area contributed by atoms with Crippen LogP contribution in [-0.4, -0.2) is 12.6 Å². The van der Waals surface area contributed by atoms with Crippen molar-refractivity contribution in [3.05, 3.63) is 35.4 Å². The van der Waals surface area contributed by atoms with Crippen molar-refractivity contribution in [1.82, 2.24) is 0 Å². The summed E-state index contributed by atoms with van der Waals surface area (Å²) in [4.78, 5) is 12.3. The lowest BCUT2D eigenvalue weighted by molar-refractivity contribution is -0.151. The molecule has 0 N–H and O–H groups in total. The maximum Gasteiger partial charge on any atom is 0.312 e. The number of aryl methyl sites for hydroxylation is 1. The molecule has 104 valence electrons. The first-order chi connectivity index (χ1) is 8.81. The molecule has 2 nitrogen and oxygen atoms in total. The summed E-state index contributed by atoms with van der Waals surface area (Å²) in [6.45, 7) is 10.9. The first kappa shape index (κ1) is 14.1. The van der Waals surface area contributed by atoms with Crippen LogP contribution >= 0.6 is 0 Å². The molecule has 1 aromatic carbocycles. The largest absolute Gasteiger partial charge is 0.465 e. The number of carbonyl (C=O) groups is 1. The SMILES string of the molecule is Cc1ccccc1[C@]1(C)C[C@@]1(C)C(=O)OCC(C)C. The maximum absolute atomic E-state index is 12.3. The van der Waals surface area contributed by atoms with E-state index in [2.05, 4.69) is 39.8 Å². The second-order valence-corrected chi connectivity index (χ2v) is 6.65. The molecule has 0 saturated heterocycles. The third kappa shape index (κ3) is 2.29. The summed E-state index contributed by atoms with van der Waals surface area (Å²) < 4.78 is 5.45. The van der Waals surface area contributed by atoms with Crippen molar-refractivity contribution in [2.45, 2.75) is 46.5 Å². The third-order valence-electron chi connectivity index (χ3n) is 4.54. The minimum atomic E-state index is -0.367. The number of ether oxygens (including phenoxy) is 1. The Morgan fingerprint density at radius 2 is 1.95 bits per heavy atom. The average Bonchev–Trinajstić information content (AvgIpc) is 2.92. The van der Waals surface area contributed by atoms with E-state index in [0.29, 0.717) is 12.5 Å². The molecule has 2 atom stereocenters. The Labute approximate surface area is 116 Å². The summed E-state index contributed by atoms with van der Waals surface area (Å²) in [7, 11) is 0. The Bertz CT molecular complexity index is 492. The topological polar surface area (TPSA) is 26.3 Å². The van der Waals surface area contributed by atoms with E-state index >= 15 is 0 Å². The normalized spacial score (nSPS) is 29.4. The van der Waals surface area contributed by atoms with E-state index in [-0.39, 0.29) is 16.8 Å². The van der Waals surface area contributed by atoms with Crippen LogP contribution in [0.25, 0.3) is 0 Å². The Hall–Kier alpha value is -1.31. The van der Waals surface area contributed by atoms with Crippen LogP contribution in [-0.2, 0) is 14.9 Å². The molecule has 0 spiro atoms. The predicted molar refractivity (Wildman–Crippen MR) is 77.1 cm³/mol. The minimum Gasteiger partial charge on any atom is -0.465 e. The Kier molecular flexibility index (Phi) is 3.46. The zero-order valence-corrected chi connectivity index (χ0v) is 12.6. The molecule has 0 heterocycles. The molecule has 1 aliphatic rings. The summed E-state index contributed by atoms with van der Waals surface area (Å²) in [6.07, 6.45) is 0.877. The van der Waals surface area contributed by atoms with Crippen molar-refractivity contribution in [3.8, 4) is 0 Å². The minimum absolute atomic E-state index is 0.0491. The monoisotopic (exact) mass is 260 g/mol. The zero-order chi connectivity index (χ0) is 14.3. The summed E-state index contributed by atoms with van der Waals surface area (Å²) in [6, 6.07) is 8.33. The van der Waals surface area contributed by atoms with E-state index in [1.807, 2.05) is 19.1 Å². The van der Waals surface area contributed by atoms with Gasteiger partial charge in [-0.05, 0) is 37.3 Å². The predicted octanol–water partition coefficient (Wildman–Crippen LogP) is 3.86. The van der Waals surface area contributed by atoms with Crippen molar-refractivity contribution < 1.29 is 9.53 Å². The Morgan fingerprint density at radius 3 is 2.53 bits per heavy atom. The summed E-state index contributed by atoms with van der Waals surface area (Å²) in [5, 5.41) is 0. The van der Waals surface area contributed by atoms with Crippen molar-refractivity contribution >= 4 is 5.97 Å². The van der Waals surface area contributed by atoms with Gasteiger partial charge in [-0.3, -0.25) is 4.79 Å². The smallest absolute Gasteiger partial charge is 0.312 e. The molecular formula is C17H24O2. The second kappa shape index (κ2) is 4.66. The standard InChI is InChI=1S/C17H24O2/c1-12(2)10-19-15(18)17(5)11-16(17,4)14-9-7-6-8-13(14)3/h6-9,12H,10-11H2,1-5H3/t16-,17-/m0/s1. The Balaban J connectivity index is 2.17. The lowest BCUT2D eigenvalue weighted by Gasteiger charge is -2.20. The lowest BCUT2D eigenvalue weighted by atomic mass is 9.86. The summed E-state index contributed by atoms with van der Waals surface area (Å²) >= 11 is 0. The molecule has 1 fully saturated rings. The van der Waals surface area contributed by atoms with E-state index in [1.54, 1.807) is 0 Å². The van der Waals surface area contributed by atoms with E-state index in [4.69, 9.17) is 4.74 Å². The molecule has 0 aromatic heterocycles. The quantitative estimate of drug-likeness (QED) is 0.768. The molecule has 2 rings (SSSR count). The van der Waals surface area contributed by atoms with Crippen molar-refractivity contribution in [2.24, 2.45) is 11.3 Å². The van der Waals surface area contributed by atoms with Crippen LogP contribution in [0.15, 0.2) is 24.3 Å². The first-order valence-electron chi connectivity index (χ1n) is 7.04. The zero-order valence-electron chi connectivity index (χ0n) is 12.6. The molecule has 0 unspecified atom stereocenters. The molecule has 2 heteroatoms. The van der Waals surface area contributed by atoms with Gasteiger partial charge in [-0.15, -0.1) is 0 Å². The van der Waals surface area contributed by atoms with Gasteiger partial charge in [-0.25, -0.2) is 0 Å². The molecule has 0 radical (unpaired) electrons. The summed E-state index contributed by atoms with van der Waals surface area (Å²) in [5.41, 5.74) is 2.09. The van der Waals surface area contributed by atoms with Crippen molar-refractivity contribution in [2.75, 3.05) is 6.61 Å². The molecule has 19 heavy (non-hydrogen) atoms. The number of esters is 1. The molecule has 1 saturated carbocycles. The highest BCUT2D eigenvalue weighted by molar-refractivity contribution is 5.83. The van der Waals surface area contributed by atoms with E-state index in [1.165, 1.54) is 11.1 Å². The number of carbonyl (C=O) groups excluding carboxylic acids is 1. The highest BCUT2D eigenvalue weighted by Gasteiger charge is 2.67. The van der Waals surface area contributed by atoms with Crippen LogP contribution in [0.2, 0.25) is 0 Å². The van der Waals surface area contributed by atoms with Gasteiger partial charge in [0.05, 0.1) is 12.0 Å².